The number of aromatic nitrogens is 1. The van der Waals surface area contributed by atoms with E-state index in [9.17, 15) is 0 Å². The zero-order valence-corrected chi connectivity index (χ0v) is 16.7. The summed E-state index contributed by atoms with van der Waals surface area (Å²) in [5, 5.41) is 9.04. The molecule has 134 valence electrons. The lowest BCUT2D eigenvalue weighted by atomic mass is 10.1. The first kappa shape index (κ1) is 18.4. The minimum atomic E-state index is 0.0303. The Morgan fingerprint density at radius 1 is 1.38 bits per heavy atom. The first-order valence-electron chi connectivity index (χ1n) is 8.60. The van der Waals surface area contributed by atoms with E-state index in [2.05, 4.69) is 38.9 Å². The minimum Gasteiger partial charge on any atom is -0.473 e. The van der Waals surface area contributed by atoms with Crippen molar-refractivity contribution in [3.05, 3.63) is 51.1 Å². The summed E-state index contributed by atoms with van der Waals surface area (Å²) in [7, 11) is 1.98. The number of benzene rings is 1. The van der Waals surface area contributed by atoms with Crippen LogP contribution in [0, 0.1) is 18.3 Å². The number of aliphatic imine (C=N–C) groups is 1. The largest absolute Gasteiger partial charge is 0.473 e. The van der Waals surface area contributed by atoms with E-state index >= 15 is 0 Å². The molecule has 1 aromatic carbocycles. The quantitative estimate of drug-likeness (QED) is 0.545. The zero-order chi connectivity index (χ0) is 18.7. The van der Waals surface area contributed by atoms with Gasteiger partial charge in [0.15, 0.2) is 0 Å². The standard InChI is InChI=1S/C20H21BrN4O/c1-4-25(3)12-23-19-10-18(21)20(24-13(19)2)26-17-8-15-6-5-14(11-22)7-16(15)9-17/h5-7,10,12,17H,4,8-9H2,1-3H3. The Kier molecular flexibility index (Phi) is 5.58. The lowest BCUT2D eigenvalue weighted by molar-refractivity contribution is 0.203. The second-order valence-electron chi connectivity index (χ2n) is 6.44. The van der Waals surface area contributed by atoms with Crippen molar-refractivity contribution in [2.45, 2.75) is 32.8 Å². The fourth-order valence-corrected chi connectivity index (χ4v) is 3.29. The van der Waals surface area contributed by atoms with Gasteiger partial charge in [-0.3, -0.25) is 0 Å². The Morgan fingerprint density at radius 3 is 2.88 bits per heavy atom. The number of fused-ring (bicyclic) bond motifs is 1. The van der Waals surface area contributed by atoms with E-state index in [0.717, 1.165) is 35.2 Å². The van der Waals surface area contributed by atoms with Crippen LogP contribution >= 0.6 is 15.9 Å². The molecular formula is C20H21BrN4O. The minimum absolute atomic E-state index is 0.0303. The van der Waals surface area contributed by atoms with Crippen LogP contribution < -0.4 is 4.74 Å². The number of hydrogen-bond donors (Lipinski definition) is 0. The monoisotopic (exact) mass is 412 g/mol. The van der Waals surface area contributed by atoms with E-state index in [0.29, 0.717) is 11.4 Å². The number of aryl methyl sites for hydroxylation is 1. The lowest BCUT2D eigenvalue weighted by Gasteiger charge is -2.15. The molecule has 2 aromatic rings. The Labute approximate surface area is 162 Å². The van der Waals surface area contributed by atoms with Crippen LogP contribution in [0.4, 0.5) is 5.69 Å². The second-order valence-corrected chi connectivity index (χ2v) is 7.30. The van der Waals surface area contributed by atoms with Gasteiger partial charge in [0.1, 0.15) is 6.10 Å². The Bertz CT molecular complexity index is 888. The van der Waals surface area contributed by atoms with Crippen molar-refractivity contribution in [1.29, 1.82) is 5.26 Å². The van der Waals surface area contributed by atoms with E-state index < -0.39 is 0 Å². The van der Waals surface area contributed by atoms with Gasteiger partial charge in [-0.25, -0.2) is 9.98 Å². The molecular weight excluding hydrogens is 392 g/mol. The molecule has 0 fully saturated rings. The molecule has 26 heavy (non-hydrogen) atoms. The van der Waals surface area contributed by atoms with Crippen molar-refractivity contribution in [3.8, 4) is 11.9 Å². The average molecular weight is 413 g/mol. The summed E-state index contributed by atoms with van der Waals surface area (Å²) in [6, 6.07) is 9.96. The third-order valence-electron chi connectivity index (χ3n) is 4.51. The number of pyridine rings is 1. The maximum absolute atomic E-state index is 9.04. The van der Waals surface area contributed by atoms with Gasteiger partial charge in [0.2, 0.25) is 5.88 Å². The van der Waals surface area contributed by atoms with Gasteiger partial charge in [0.05, 0.1) is 33.8 Å². The SMILES string of the molecule is CCN(C)C=Nc1cc(Br)c(OC2Cc3ccc(C#N)cc3C2)nc1C. The number of nitrogens with zero attached hydrogens (tertiary/aromatic N) is 4. The maximum Gasteiger partial charge on any atom is 0.228 e. The van der Waals surface area contributed by atoms with Crippen LogP contribution in [0.25, 0.3) is 0 Å². The smallest absolute Gasteiger partial charge is 0.228 e. The van der Waals surface area contributed by atoms with Crippen LogP contribution in [-0.2, 0) is 12.8 Å². The molecule has 0 spiro atoms. The predicted molar refractivity (Wildman–Crippen MR) is 106 cm³/mol. The number of halogens is 1. The second kappa shape index (κ2) is 7.88. The van der Waals surface area contributed by atoms with Crippen molar-refractivity contribution in [2.75, 3.05) is 13.6 Å². The molecule has 0 amide bonds. The normalized spacial score (nSPS) is 15.7. The van der Waals surface area contributed by atoms with Gasteiger partial charge in [0.25, 0.3) is 0 Å². The Balaban J connectivity index is 1.74. The summed E-state index contributed by atoms with van der Waals surface area (Å²) in [6.45, 7) is 4.90. The van der Waals surface area contributed by atoms with Crippen LogP contribution in [0.5, 0.6) is 5.88 Å². The summed E-state index contributed by atoms with van der Waals surface area (Å²) in [6.07, 6.45) is 3.45. The van der Waals surface area contributed by atoms with Crippen LogP contribution in [0.3, 0.4) is 0 Å². The maximum atomic E-state index is 9.04. The summed E-state index contributed by atoms with van der Waals surface area (Å²) >= 11 is 3.55. The summed E-state index contributed by atoms with van der Waals surface area (Å²) in [5.41, 5.74) is 4.76. The van der Waals surface area contributed by atoms with Gasteiger partial charge in [-0.05, 0) is 59.1 Å². The number of rotatable bonds is 5. The van der Waals surface area contributed by atoms with Gasteiger partial charge in [-0.1, -0.05) is 6.07 Å². The predicted octanol–water partition coefficient (Wildman–Crippen LogP) is 4.18. The van der Waals surface area contributed by atoms with Gasteiger partial charge >= 0.3 is 0 Å². The average Bonchev–Trinajstić information content (AvgIpc) is 3.04. The fourth-order valence-electron chi connectivity index (χ4n) is 2.89. The molecule has 0 N–H and O–H groups in total. The molecule has 1 aromatic heterocycles. The van der Waals surface area contributed by atoms with Gasteiger partial charge in [-0.15, -0.1) is 0 Å². The zero-order valence-electron chi connectivity index (χ0n) is 15.2. The molecule has 0 aliphatic heterocycles. The van der Waals surface area contributed by atoms with E-state index in [1.54, 1.807) is 6.34 Å². The van der Waals surface area contributed by atoms with Crippen LogP contribution in [-0.4, -0.2) is 35.9 Å². The van der Waals surface area contributed by atoms with Crippen molar-refractivity contribution in [2.24, 2.45) is 4.99 Å². The molecule has 3 rings (SSSR count). The van der Waals surface area contributed by atoms with Crippen LogP contribution in [0.15, 0.2) is 33.7 Å². The molecule has 0 saturated carbocycles. The van der Waals surface area contributed by atoms with Crippen LogP contribution in [0.2, 0.25) is 0 Å². The van der Waals surface area contributed by atoms with Crippen molar-refractivity contribution >= 4 is 28.0 Å². The number of hydrogen-bond acceptors (Lipinski definition) is 4. The highest BCUT2D eigenvalue weighted by Crippen LogP contribution is 2.33. The summed E-state index contributed by atoms with van der Waals surface area (Å²) in [5.74, 6) is 0.587. The Hall–Kier alpha value is -2.39. The third kappa shape index (κ3) is 4.05. The molecule has 1 atom stereocenters. The fraction of sp³-hybridized carbons (Fsp3) is 0.350. The van der Waals surface area contributed by atoms with E-state index in [4.69, 9.17) is 10.00 Å². The third-order valence-corrected chi connectivity index (χ3v) is 5.08. The van der Waals surface area contributed by atoms with Crippen molar-refractivity contribution < 1.29 is 4.74 Å². The van der Waals surface area contributed by atoms with Gasteiger partial charge < -0.3 is 9.64 Å². The molecule has 1 aliphatic rings. The van der Waals surface area contributed by atoms with Crippen LogP contribution in [0.1, 0.15) is 29.3 Å². The molecule has 1 heterocycles. The molecule has 0 radical (unpaired) electrons. The first-order chi connectivity index (χ1) is 12.5. The molecule has 1 unspecified atom stereocenters. The molecule has 0 bridgehead atoms. The van der Waals surface area contributed by atoms with E-state index in [-0.39, 0.29) is 6.10 Å². The molecule has 0 saturated heterocycles. The highest BCUT2D eigenvalue weighted by Gasteiger charge is 2.24. The highest BCUT2D eigenvalue weighted by molar-refractivity contribution is 9.10. The molecule has 6 heteroatoms. The summed E-state index contributed by atoms with van der Waals surface area (Å²) in [4.78, 5) is 11.1. The van der Waals surface area contributed by atoms with E-state index in [1.807, 2.05) is 43.1 Å². The van der Waals surface area contributed by atoms with Crippen molar-refractivity contribution in [3.63, 3.8) is 0 Å². The highest BCUT2D eigenvalue weighted by atomic mass is 79.9. The molecule has 1 aliphatic carbocycles. The van der Waals surface area contributed by atoms with Gasteiger partial charge in [-0.2, -0.15) is 5.26 Å². The van der Waals surface area contributed by atoms with Crippen molar-refractivity contribution in [1.82, 2.24) is 9.88 Å². The molecule has 5 nitrogen and oxygen atoms in total. The first-order valence-corrected chi connectivity index (χ1v) is 9.39. The van der Waals surface area contributed by atoms with E-state index in [1.165, 1.54) is 11.1 Å². The number of nitriles is 1. The summed E-state index contributed by atoms with van der Waals surface area (Å²) < 4.78 is 6.94. The number of ether oxygens (including phenoxy) is 1. The Morgan fingerprint density at radius 2 is 2.15 bits per heavy atom. The topological polar surface area (TPSA) is 61.5 Å². The van der Waals surface area contributed by atoms with Gasteiger partial charge in [0, 0.05) is 26.4 Å². The lowest BCUT2D eigenvalue weighted by Crippen LogP contribution is -2.17.